The summed E-state index contributed by atoms with van der Waals surface area (Å²) in [6, 6.07) is 96.7. The zero-order valence-corrected chi connectivity index (χ0v) is 50.7. The number of aromatic nitrogens is 7. The molecule has 0 amide bonds. The van der Waals surface area contributed by atoms with Gasteiger partial charge < -0.3 is 14.8 Å². The number of halogens is 1. The van der Waals surface area contributed by atoms with Gasteiger partial charge in [-0.2, -0.15) is 0 Å². The number of furan rings is 2. The molecule has 18 rings (SSSR count). The summed E-state index contributed by atoms with van der Waals surface area (Å²) < 4.78 is 29.2. The number of benzene rings is 12. The Balaban J connectivity index is 0.000000130. The second kappa shape index (κ2) is 23.9. The van der Waals surface area contributed by atoms with E-state index >= 15 is 0 Å². The predicted octanol–water partition coefficient (Wildman–Crippen LogP) is 17.2. The molecule has 0 saturated carbocycles. The normalized spacial score (nSPS) is 11.5. The van der Waals surface area contributed by atoms with Gasteiger partial charge in [0, 0.05) is 60.3 Å². The van der Waals surface area contributed by atoms with Crippen molar-refractivity contribution in [2.45, 2.75) is 6.42 Å². The number of rotatable bonds is 7. The van der Waals surface area contributed by atoms with Crippen LogP contribution in [0.25, 0.3) is 151 Å². The zero-order chi connectivity index (χ0) is 59.2. The molecule has 0 radical (unpaired) electrons. The number of hydrogen-bond acceptors (Lipinski definition) is 8. The zero-order valence-electron chi connectivity index (χ0n) is 49.7. The molecule has 0 fully saturated rings. The molecule has 12 aromatic carbocycles. The van der Waals surface area contributed by atoms with E-state index in [0.29, 0.717) is 40.5 Å². The third-order valence-corrected chi connectivity index (χ3v) is 16.4. The molecular formula is C79H51FN7NaO2. The van der Waals surface area contributed by atoms with Crippen molar-refractivity contribution >= 4 is 65.7 Å². The first kappa shape index (κ1) is 55.6. The van der Waals surface area contributed by atoms with Crippen LogP contribution in [0.5, 0.6) is 0 Å². The number of para-hydroxylation sites is 4. The molecular weight excluding hydrogens is 1120 g/mol. The minimum absolute atomic E-state index is 0. The molecule has 0 saturated heterocycles. The van der Waals surface area contributed by atoms with Gasteiger partial charge in [-0.05, 0) is 77.7 Å². The van der Waals surface area contributed by atoms with E-state index in [4.69, 9.17) is 23.8 Å². The van der Waals surface area contributed by atoms with Crippen LogP contribution in [0, 0.1) is 5.82 Å². The maximum atomic E-state index is 14.2. The summed E-state index contributed by atoms with van der Waals surface area (Å²) in [6.45, 7) is 0. The van der Waals surface area contributed by atoms with Gasteiger partial charge in [0.1, 0.15) is 28.1 Å². The molecule has 11 heteroatoms. The predicted molar refractivity (Wildman–Crippen MR) is 357 cm³/mol. The van der Waals surface area contributed by atoms with Crippen molar-refractivity contribution in [3.05, 3.63) is 308 Å². The van der Waals surface area contributed by atoms with E-state index in [9.17, 15) is 4.39 Å². The van der Waals surface area contributed by atoms with Crippen LogP contribution in [-0.2, 0) is 6.42 Å². The summed E-state index contributed by atoms with van der Waals surface area (Å²) in [5.41, 5.74) is 17.2. The van der Waals surface area contributed by atoms with E-state index in [1.165, 1.54) is 39.1 Å². The Morgan fingerprint density at radius 2 is 0.722 bits per heavy atom. The SMILES string of the molecule is Fc1ccccc1-c1nc(-c2ccccc2)nc(-c2ccccc2)n1.[H-].[Na+].c1ccc(-c2nc(-c3ccccc3)nc(-c3ccccc3-n3c4ccccc4c4c5oc6ccccc6c5ccc43)n2)cc1.c1ccc2c(c1)Cc1ccc3c(oc4ccccc43)c1-2. The Morgan fingerprint density at radius 3 is 1.29 bits per heavy atom. The summed E-state index contributed by atoms with van der Waals surface area (Å²) in [5.74, 6) is 2.90. The van der Waals surface area contributed by atoms with Crippen molar-refractivity contribution in [3.8, 4) is 85.1 Å². The van der Waals surface area contributed by atoms with Crippen LogP contribution >= 0.6 is 0 Å². The van der Waals surface area contributed by atoms with Crippen molar-refractivity contribution in [2.24, 2.45) is 0 Å². The molecule has 1 aliphatic carbocycles. The minimum atomic E-state index is -0.355. The monoisotopic (exact) mass is 1170 g/mol. The summed E-state index contributed by atoms with van der Waals surface area (Å²) >= 11 is 0. The van der Waals surface area contributed by atoms with Crippen LogP contribution in [0.2, 0.25) is 0 Å². The van der Waals surface area contributed by atoms with Gasteiger partial charge in [0.05, 0.1) is 27.7 Å². The van der Waals surface area contributed by atoms with E-state index in [0.717, 1.165) is 94.8 Å². The summed E-state index contributed by atoms with van der Waals surface area (Å²) in [4.78, 5) is 28.6. The molecule has 0 aliphatic heterocycles. The van der Waals surface area contributed by atoms with Gasteiger partial charge in [-0.1, -0.05) is 237 Å². The van der Waals surface area contributed by atoms with Gasteiger partial charge in [-0.25, -0.2) is 34.3 Å². The van der Waals surface area contributed by atoms with Crippen LogP contribution in [0.4, 0.5) is 4.39 Å². The van der Waals surface area contributed by atoms with Gasteiger partial charge in [-0.3, -0.25) is 0 Å². The van der Waals surface area contributed by atoms with Crippen LogP contribution in [0.15, 0.2) is 300 Å². The average Bonchev–Trinajstić information content (AvgIpc) is 1.62. The molecule has 0 unspecified atom stereocenters. The number of hydrogen-bond donors (Lipinski definition) is 0. The maximum Gasteiger partial charge on any atom is 1.00 e. The molecule has 0 bridgehead atoms. The molecule has 9 nitrogen and oxygen atoms in total. The van der Waals surface area contributed by atoms with Crippen molar-refractivity contribution in [2.75, 3.05) is 0 Å². The smallest absolute Gasteiger partial charge is 1.00 e. The largest absolute Gasteiger partial charge is 1.00 e. The number of nitrogens with zero attached hydrogens (tertiary/aromatic N) is 7. The minimum Gasteiger partial charge on any atom is -1.00 e. The molecule has 90 heavy (non-hydrogen) atoms. The van der Waals surface area contributed by atoms with Crippen LogP contribution in [0.3, 0.4) is 0 Å². The van der Waals surface area contributed by atoms with Gasteiger partial charge in [0.2, 0.25) is 0 Å². The number of fused-ring (bicyclic) bond motifs is 14. The Kier molecular flexibility index (Phi) is 14.8. The van der Waals surface area contributed by atoms with E-state index in [1.54, 1.807) is 18.2 Å². The van der Waals surface area contributed by atoms with E-state index < -0.39 is 0 Å². The van der Waals surface area contributed by atoms with Crippen molar-refractivity contribution in [1.29, 1.82) is 0 Å². The van der Waals surface area contributed by atoms with Gasteiger partial charge in [0.25, 0.3) is 0 Å². The average molecular weight is 1170 g/mol. The van der Waals surface area contributed by atoms with Crippen molar-refractivity contribution in [1.82, 2.24) is 34.5 Å². The molecule has 422 valence electrons. The second-order valence-electron chi connectivity index (χ2n) is 21.8. The Morgan fingerprint density at radius 1 is 0.311 bits per heavy atom. The summed E-state index contributed by atoms with van der Waals surface area (Å²) in [6.07, 6.45) is 1.01. The first-order valence-electron chi connectivity index (χ1n) is 29.5. The van der Waals surface area contributed by atoms with Crippen molar-refractivity contribution in [3.63, 3.8) is 0 Å². The van der Waals surface area contributed by atoms with Gasteiger partial charge >= 0.3 is 29.6 Å². The first-order chi connectivity index (χ1) is 44.1. The fourth-order valence-electron chi connectivity index (χ4n) is 12.2. The van der Waals surface area contributed by atoms with Crippen LogP contribution in [0.1, 0.15) is 12.6 Å². The molecule has 0 N–H and O–H groups in total. The third-order valence-electron chi connectivity index (χ3n) is 16.4. The quantitative estimate of drug-likeness (QED) is 0.145. The Hall–Kier alpha value is -11.0. The maximum absolute atomic E-state index is 14.2. The molecule has 5 heterocycles. The molecule has 0 atom stereocenters. The fourth-order valence-corrected chi connectivity index (χ4v) is 12.2. The van der Waals surface area contributed by atoms with Gasteiger partial charge in [0.15, 0.2) is 34.9 Å². The Labute approximate surface area is 540 Å². The van der Waals surface area contributed by atoms with E-state index in [2.05, 4.69) is 135 Å². The third kappa shape index (κ3) is 10.2. The standard InChI is InChI=1S/C39H24N4O.C21H14FN3.C19H12O.Na.H/c1-3-13-25(14-4-1)37-40-38(26-15-5-2-6-16-26)42-39(41-37)30-19-8-11-21-32(30)43-31-20-10-7-18-29(31)35-33(43)24-23-28-27-17-9-12-22-34(27)44-36(28)35;22-18-14-8-7-13-17(18)21-24-19(15-9-3-1-4-10-15)23-20(25-21)16-11-5-2-6-12-16;1-2-6-14-12(5-1)11-13-9-10-16-15-7-3-4-8-17(15)20-19(16)18(13)14;;/h1-24H;1-14H;1-10H,11H2;;/q;;;+1;-1. The van der Waals surface area contributed by atoms with Crippen molar-refractivity contribution < 1.29 is 44.2 Å². The molecule has 1 aliphatic rings. The Bertz CT molecular complexity index is 5390. The van der Waals surface area contributed by atoms with E-state index in [-0.39, 0.29) is 36.8 Å². The molecule has 17 aromatic rings. The molecule has 5 aromatic heterocycles. The van der Waals surface area contributed by atoms with Gasteiger partial charge in [-0.15, -0.1) is 0 Å². The molecule has 0 spiro atoms. The first-order valence-corrected chi connectivity index (χ1v) is 29.5. The topological polar surface area (TPSA) is 109 Å². The van der Waals surface area contributed by atoms with Crippen LogP contribution in [-0.4, -0.2) is 34.5 Å². The summed E-state index contributed by atoms with van der Waals surface area (Å²) in [5, 5.41) is 6.88. The second-order valence-corrected chi connectivity index (χ2v) is 21.8. The summed E-state index contributed by atoms with van der Waals surface area (Å²) in [7, 11) is 0. The van der Waals surface area contributed by atoms with Crippen LogP contribution < -0.4 is 29.6 Å². The van der Waals surface area contributed by atoms with E-state index in [1.807, 2.05) is 152 Å². The fraction of sp³-hybridized carbons (Fsp3) is 0.0127.